The number of aryl methyl sites for hydroxylation is 2. The van der Waals surface area contributed by atoms with Crippen LogP contribution in [0.5, 0.6) is 0 Å². The van der Waals surface area contributed by atoms with Gasteiger partial charge in [0.25, 0.3) is 0 Å². The Labute approximate surface area is 193 Å². The Morgan fingerprint density at radius 1 is 1.14 bits per heavy atom. The second-order valence-electron chi connectivity index (χ2n) is 7.38. The molecule has 4 nitrogen and oxygen atoms in total. The summed E-state index contributed by atoms with van der Waals surface area (Å²) in [6, 6.07) is 6.23. The van der Waals surface area contributed by atoms with Gasteiger partial charge in [-0.2, -0.15) is 0 Å². The van der Waals surface area contributed by atoms with E-state index in [0.29, 0.717) is 6.61 Å². The van der Waals surface area contributed by atoms with E-state index in [1.54, 1.807) is 0 Å². The lowest BCUT2D eigenvalue weighted by atomic mass is 9.88. The van der Waals surface area contributed by atoms with Crippen molar-refractivity contribution in [1.29, 1.82) is 0 Å². The summed E-state index contributed by atoms with van der Waals surface area (Å²) in [5.41, 5.74) is 7.34. The fourth-order valence-electron chi connectivity index (χ4n) is 4.25. The van der Waals surface area contributed by atoms with Gasteiger partial charge in [0.2, 0.25) is 6.41 Å². The van der Waals surface area contributed by atoms with Crippen molar-refractivity contribution in [3.63, 3.8) is 0 Å². The normalized spacial score (nSPS) is 18.2. The number of likely N-dealkylation sites (tertiary alicyclic amines) is 1. The summed E-state index contributed by atoms with van der Waals surface area (Å²) in [7, 11) is 0. The molecular weight excluding hydrogens is 520 g/mol. The molecule has 2 heterocycles. The number of aliphatic hydroxyl groups excluding tert-OH is 1. The van der Waals surface area contributed by atoms with Crippen molar-refractivity contribution in [2.75, 3.05) is 19.7 Å². The summed E-state index contributed by atoms with van der Waals surface area (Å²) < 4.78 is 7.38. The Balaban J connectivity index is 1.81. The van der Waals surface area contributed by atoms with Crippen LogP contribution in [-0.2, 0) is 17.6 Å². The Kier molecular flexibility index (Phi) is 6.78. The topological polar surface area (TPSA) is 45.6 Å². The highest BCUT2D eigenvalue weighted by Crippen LogP contribution is 2.42. The quantitative estimate of drug-likeness (QED) is 0.516. The Morgan fingerprint density at radius 2 is 1.86 bits per heavy atom. The van der Waals surface area contributed by atoms with E-state index in [1.807, 2.05) is 24.1 Å². The van der Waals surface area contributed by atoms with Crippen molar-refractivity contribution in [2.24, 2.45) is 0 Å². The molecule has 0 amide bonds. The fourth-order valence-corrected chi connectivity index (χ4v) is 5.70. The second kappa shape index (κ2) is 9.16. The first-order valence-electron chi connectivity index (χ1n) is 9.86. The maximum Gasteiger partial charge on any atom is 0.216 e. The number of hydrogen-bond acceptors (Lipinski definition) is 4. The van der Waals surface area contributed by atoms with Crippen molar-refractivity contribution in [3.8, 4) is 0 Å². The van der Waals surface area contributed by atoms with Crippen LogP contribution in [-0.4, -0.2) is 41.1 Å². The van der Waals surface area contributed by atoms with Crippen molar-refractivity contribution >= 4 is 49.0 Å². The standard InChI is InChI=1S/C22H23Br2ClN2O2/c1-2-29-22(28)27-7-5-13(6-8-27)20-19-14(10-17(25)11-18(19)24)3-4-15-9-16(23)12-26-21(15)20/h9-12,22,28H,2-8H2,1H3. The Morgan fingerprint density at radius 3 is 2.59 bits per heavy atom. The number of pyridine rings is 1. The molecule has 1 fully saturated rings. The van der Waals surface area contributed by atoms with E-state index in [-0.39, 0.29) is 0 Å². The maximum atomic E-state index is 10.2. The van der Waals surface area contributed by atoms with Gasteiger partial charge in [-0.15, -0.1) is 0 Å². The predicted molar refractivity (Wildman–Crippen MR) is 123 cm³/mol. The number of hydrogen-bond donors (Lipinski definition) is 1. The molecule has 0 bridgehead atoms. The molecular formula is C22H23Br2ClN2O2. The van der Waals surface area contributed by atoms with Gasteiger partial charge < -0.3 is 9.84 Å². The van der Waals surface area contributed by atoms with E-state index in [9.17, 15) is 5.11 Å². The number of halogens is 3. The second-order valence-corrected chi connectivity index (χ2v) is 9.59. The van der Waals surface area contributed by atoms with Gasteiger partial charge in [-0.25, -0.2) is 0 Å². The number of aromatic nitrogens is 1. The average molecular weight is 543 g/mol. The van der Waals surface area contributed by atoms with Crippen LogP contribution < -0.4 is 0 Å². The fraction of sp³-hybridized carbons (Fsp3) is 0.409. The first-order chi connectivity index (χ1) is 14.0. The molecule has 1 unspecified atom stereocenters. The molecule has 0 saturated carbocycles. The third-order valence-electron chi connectivity index (χ3n) is 5.60. The molecule has 7 heteroatoms. The molecule has 1 atom stereocenters. The van der Waals surface area contributed by atoms with Crippen LogP contribution in [0.15, 0.2) is 38.9 Å². The summed E-state index contributed by atoms with van der Waals surface area (Å²) >= 11 is 13.7. The Hall–Kier alpha value is -0.760. The van der Waals surface area contributed by atoms with Crippen LogP contribution in [0, 0.1) is 0 Å². The van der Waals surface area contributed by atoms with Gasteiger partial charge in [0.15, 0.2) is 0 Å². The third-order valence-corrected chi connectivity index (χ3v) is 6.88. The average Bonchev–Trinajstić information content (AvgIpc) is 2.85. The molecule has 0 radical (unpaired) electrons. The summed E-state index contributed by atoms with van der Waals surface area (Å²) in [4.78, 5) is 6.82. The van der Waals surface area contributed by atoms with Crippen LogP contribution in [0.1, 0.15) is 42.1 Å². The van der Waals surface area contributed by atoms with Crippen LogP contribution in [0.25, 0.3) is 5.57 Å². The molecule has 1 aromatic carbocycles. The van der Waals surface area contributed by atoms with Gasteiger partial charge in [0.05, 0.1) is 5.69 Å². The number of aliphatic hydroxyl groups is 1. The molecule has 1 aliphatic heterocycles. The SMILES string of the molecule is CCOC(O)N1CCC(=C2c3ncc(Br)cc3CCc3cc(Cl)cc(Br)c32)CC1. The molecule has 1 aliphatic carbocycles. The molecule has 2 aliphatic rings. The number of piperidine rings is 1. The molecule has 0 spiro atoms. The van der Waals surface area contributed by atoms with E-state index < -0.39 is 6.41 Å². The smallest absolute Gasteiger partial charge is 0.216 e. The molecule has 154 valence electrons. The monoisotopic (exact) mass is 540 g/mol. The lowest BCUT2D eigenvalue weighted by Crippen LogP contribution is -2.41. The summed E-state index contributed by atoms with van der Waals surface area (Å²) in [6.07, 6.45) is 4.62. The van der Waals surface area contributed by atoms with Gasteiger partial charge in [-0.3, -0.25) is 9.88 Å². The summed E-state index contributed by atoms with van der Waals surface area (Å²) in [6.45, 7) is 3.91. The maximum absolute atomic E-state index is 10.2. The van der Waals surface area contributed by atoms with E-state index in [0.717, 1.165) is 58.4 Å². The number of ether oxygens (including phenoxy) is 1. The largest absolute Gasteiger partial charge is 0.356 e. The molecule has 1 saturated heterocycles. The molecule has 1 aromatic heterocycles. The summed E-state index contributed by atoms with van der Waals surface area (Å²) in [5.74, 6) is 0. The number of rotatable bonds is 3. The lowest BCUT2D eigenvalue weighted by Gasteiger charge is -2.33. The van der Waals surface area contributed by atoms with Crippen LogP contribution >= 0.6 is 43.5 Å². The zero-order valence-corrected chi connectivity index (χ0v) is 20.1. The van der Waals surface area contributed by atoms with Gasteiger partial charge in [0.1, 0.15) is 0 Å². The van der Waals surface area contributed by atoms with Gasteiger partial charge >= 0.3 is 0 Å². The van der Waals surface area contributed by atoms with Crippen LogP contribution in [0.2, 0.25) is 5.02 Å². The Bertz CT molecular complexity index is 954. The minimum Gasteiger partial charge on any atom is -0.356 e. The first kappa shape index (κ1) is 21.5. The molecule has 29 heavy (non-hydrogen) atoms. The van der Waals surface area contributed by atoms with E-state index in [4.69, 9.17) is 21.3 Å². The van der Waals surface area contributed by atoms with Crippen molar-refractivity contribution < 1.29 is 9.84 Å². The third kappa shape index (κ3) is 4.48. The van der Waals surface area contributed by atoms with Crippen molar-refractivity contribution in [2.45, 2.75) is 39.0 Å². The van der Waals surface area contributed by atoms with E-state index in [2.05, 4.69) is 44.0 Å². The first-order valence-corrected chi connectivity index (χ1v) is 11.8. The highest BCUT2D eigenvalue weighted by atomic mass is 79.9. The van der Waals surface area contributed by atoms with Crippen molar-refractivity contribution in [1.82, 2.24) is 9.88 Å². The summed E-state index contributed by atoms with van der Waals surface area (Å²) in [5, 5.41) is 10.9. The van der Waals surface area contributed by atoms with Gasteiger partial charge in [-0.1, -0.05) is 33.1 Å². The molecule has 1 N–H and O–H groups in total. The number of fused-ring (bicyclic) bond motifs is 2. The predicted octanol–water partition coefficient (Wildman–Crippen LogP) is 5.57. The molecule has 4 rings (SSSR count). The van der Waals surface area contributed by atoms with Crippen LogP contribution in [0.3, 0.4) is 0 Å². The number of nitrogens with zero attached hydrogens (tertiary/aromatic N) is 2. The van der Waals surface area contributed by atoms with Crippen molar-refractivity contribution in [3.05, 3.63) is 66.3 Å². The highest BCUT2D eigenvalue weighted by Gasteiger charge is 2.28. The van der Waals surface area contributed by atoms with Gasteiger partial charge in [0, 0.05) is 51.0 Å². The minimum absolute atomic E-state index is 0.499. The lowest BCUT2D eigenvalue weighted by molar-refractivity contribution is -0.192. The highest BCUT2D eigenvalue weighted by molar-refractivity contribution is 9.10. The van der Waals surface area contributed by atoms with E-state index >= 15 is 0 Å². The zero-order valence-electron chi connectivity index (χ0n) is 16.2. The number of benzene rings is 1. The molecule has 2 aromatic rings. The van der Waals surface area contributed by atoms with Crippen LogP contribution in [0.4, 0.5) is 0 Å². The zero-order chi connectivity index (χ0) is 20.5. The minimum atomic E-state index is -0.833. The van der Waals surface area contributed by atoms with Gasteiger partial charge in [-0.05, 0) is 77.9 Å². The van der Waals surface area contributed by atoms with E-state index in [1.165, 1.54) is 27.8 Å².